The van der Waals surface area contributed by atoms with Gasteiger partial charge in [0.05, 0.1) is 11.3 Å². The average Bonchev–Trinajstić information content (AvgIpc) is 2.16. The first-order valence-corrected chi connectivity index (χ1v) is 4.79. The van der Waals surface area contributed by atoms with E-state index in [1.165, 1.54) is 0 Å². The van der Waals surface area contributed by atoms with Crippen molar-refractivity contribution < 1.29 is 4.92 Å². The van der Waals surface area contributed by atoms with Gasteiger partial charge < -0.3 is 11.1 Å². The summed E-state index contributed by atoms with van der Waals surface area (Å²) < 4.78 is 0. The smallest absolute Gasteiger partial charge is 0.289 e. The van der Waals surface area contributed by atoms with Crippen LogP contribution in [0.3, 0.4) is 0 Å². The summed E-state index contributed by atoms with van der Waals surface area (Å²) in [6.07, 6.45) is 4.63. The number of hydrogen-bond acceptors (Lipinski definition) is 4. The molecule has 0 saturated carbocycles. The zero-order valence-corrected chi connectivity index (χ0v) is 7.88. The van der Waals surface area contributed by atoms with Crippen molar-refractivity contribution in [1.29, 1.82) is 0 Å². The average molecular weight is 195 g/mol. The Morgan fingerprint density at radius 1 is 1.36 bits per heavy atom. The Balaban J connectivity index is 2.23. The van der Waals surface area contributed by atoms with Crippen LogP contribution in [0, 0.1) is 10.1 Å². The molecule has 0 aromatic rings. The molecule has 0 unspecified atom stereocenters. The van der Waals surface area contributed by atoms with Gasteiger partial charge in [0.15, 0.2) is 5.82 Å². The van der Waals surface area contributed by atoms with Crippen LogP contribution >= 0.6 is 0 Å². The maximum Gasteiger partial charge on any atom is 0.289 e. The molecule has 1 aliphatic carbocycles. The summed E-state index contributed by atoms with van der Waals surface area (Å²) >= 11 is 0. The van der Waals surface area contributed by atoms with Gasteiger partial charge in [-0.15, -0.1) is 0 Å². The Morgan fingerprint density at radius 2 is 2.07 bits per heavy atom. The summed E-state index contributed by atoms with van der Waals surface area (Å²) in [7, 11) is 0. The molecule has 0 radical (unpaired) electrons. The van der Waals surface area contributed by atoms with Crippen molar-refractivity contribution in [3.63, 3.8) is 0 Å². The lowest BCUT2D eigenvalue weighted by atomic mass is 9.91. The first-order chi connectivity index (χ1) is 6.68. The molecule has 1 aliphatic heterocycles. The normalized spacial score (nSPS) is 21.7. The molecular formula is C9H13N3O2. The minimum atomic E-state index is -0.388. The fraction of sp³-hybridized carbons (Fsp3) is 0.556. The van der Waals surface area contributed by atoms with Crippen LogP contribution in [0.1, 0.15) is 32.1 Å². The van der Waals surface area contributed by atoms with Gasteiger partial charge in [-0.3, -0.25) is 10.1 Å². The Morgan fingerprint density at radius 3 is 2.79 bits per heavy atom. The van der Waals surface area contributed by atoms with E-state index in [0.29, 0.717) is 6.42 Å². The Kier molecular flexibility index (Phi) is 2.15. The quantitative estimate of drug-likeness (QED) is 0.486. The Hall–Kier alpha value is -1.52. The summed E-state index contributed by atoms with van der Waals surface area (Å²) in [6.45, 7) is 0. The predicted molar refractivity (Wildman–Crippen MR) is 51.5 cm³/mol. The number of hydrogen-bond donors (Lipinski definition) is 2. The topological polar surface area (TPSA) is 81.2 Å². The Labute approximate surface area is 81.8 Å². The van der Waals surface area contributed by atoms with Gasteiger partial charge in [0.1, 0.15) is 0 Å². The van der Waals surface area contributed by atoms with Gasteiger partial charge in [0, 0.05) is 5.70 Å². The summed E-state index contributed by atoms with van der Waals surface area (Å²) in [5.41, 5.74) is 7.97. The number of rotatable bonds is 1. The second kappa shape index (κ2) is 3.32. The number of nitrogens with two attached hydrogens (primary N) is 1. The zero-order valence-electron chi connectivity index (χ0n) is 7.88. The molecule has 3 N–H and O–H groups in total. The fourth-order valence-electron chi connectivity index (χ4n) is 2.01. The van der Waals surface area contributed by atoms with Crippen molar-refractivity contribution in [1.82, 2.24) is 5.32 Å². The number of nitrogens with one attached hydrogen (secondary N) is 1. The molecule has 2 rings (SSSR count). The molecule has 0 aromatic carbocycles. The van der Waals surface area contributed by atoms with Gasteiger partial charge >= 0.3 is 0 Å². The third-order valence-electron chi connectivity index (χ3n) is 2.78. The third kappa shape index (κ3) is 1.45. The highest BCUT2D eigenvalue weighted by Crippen LogP contribution is 2.31. The van der Waals surface area contributed by atoms with Crippen LogP contribution in [0.2, 0.25) is 0 Å². The lowest BCUT2D eigenvalue weighted by molar-refractivity contribution is -0.429. The monoisotopic (exact) mass is 195 g/mol. The molecular weight excluding hydrogens is 182 g/mol. The van der Waals surface area contributed by atoms with E-state index in [1.54, 1.807) is 0 Å². The van der Waals surface area contributed by atoms with Gasteiger partial charge in [-0.25, -0.2) is 0 Å². The van der Waals surface area contributed by atoms with E-state index in [0.717, 1.165) is 37.0 Å². The molecule has 0 aromatic heterocycles. The Bertz CT molecular complexity index is 344. The standard InChI is InChI=1S/C9H13N3O2/c10-9-8(12(13)14)5-6-3-1-2-4-7(6)11-9/h11H,1-5,10H2. The van der Waals surface area contributed by atoms with E-state index in [9.17, 15) is 10.1 Å². The van der Waals surface area contributed by atoms with Crippen LogP contribution in [0.4, 0.5) is 0 Å². The lowest BCUT2D eigenvalue weighted by Crippen LogP contribution is -2.30. The van der Waals surface area contributed by atoms with Crippen molar-refractivity contribution in [3.05, 3.63) is 32.9 Å². The van der Waals surface area contributed by atoms with Gasteiger partial charge in [0.2, 0.25) is 0 Å². The van der Waals surface area contributed by atoms with Crippen LogP contribution in [0.25, 0.3) is 0 Å². The fourth-order valence-corrected chi connectivity index (χ4v) is 2.01. The SMILES string of the molecule is NC1=C([N+](=O)[O-])CC2=C(CCCC2)N1. The molecule has 76 valence electrons. The predicted octanol–water partition coefficient (Wildman–Crippen LogP) is 1.21. The third-order valence-corrected chi connectivity index (χ3v) is 2.78. The minimum absolute atomic E-state index is 0.116. The zero-order chi connectivity index (χ0) is 10.1. The largest absolute Gasteiger partial charge is 0.380 e. The summed E-state index contributed by atoms with van der Waals surface area (Å²) in [5.74, 6) is 0.218. The van der Waals surface area contributed by atoms with Crippen molar-refractivity contribution in [2.75, 3.05) is 0 Å². The van der Waals surface area contributed by atoms with Crippen molar-refractivity contribution in [2.24, 2.45) is 5.73 Å². The molecule has 5 nitrogen and oxygen atoms in total. The highest BCUT2D eigenvalue weighted by molar-refractivity contribution is 5.29. The van der Waals surface area contributed by atoms with Gasteiger partial charge in [0.25, 0.3) is 5.70 Å². The summed E-state index contributed by atoms with van der Waals surface area (Å²) in [4.78, 5) is 10.3. The number of nitrogens with zero attached hydrogens (tertiary/aromatic N) is 1. The van der Waals surface area contributed by atoms with E-state index in [2.05, 4.69) is 5.32 Å². The molecule has 0 amide bonds. The number of dihydropyridines is 1. The highest BCUT2D eigenvalue weighted by atomic mass is 16.6. The molecule has 14 heavy (non-hydrogen) atoms. The van der Waals surface area contributed by atoms with E-state index in [4.69, 9.17) is 5.73 Å². The van der Waals surface area contributed by atoms with E-state index >= 15 is 0 Å². The first-order valence-electron chi connectivity index (χ1n) is 4.79. The van der Waals surface area contributed by atoms with Crippen LogP contribution < -0.4 is 11.1 Å². The second-order valence-electron chi connectivity index (χ2n) is 3.71. The van der Waals surface area contributed by atoms with Crippen LogP contribution in [-0.2, 0) is 0 Å². The highest BCUT2D eigenvalue weighted by Gasteiger charge is 2.27. The number of allylic oxidation sites excluding steroid dienone is 2. The lowest BCUT2D eigenvalue weighted by Gasteiger charge is -2.25. The molecule has 2 aliphatic rings. The van der Waals surface area contributed by atoms with Crippen LogP contribution in [0.15, 0.2) is 22.8 Å². The molecule has 5 heteroatoms. The van der Waals surface area contributed by atoms with Crippen molar-refractivity contribution in [3.8, 4) is 0 Å². The minimum Gasteiger partial charge on any atom is -0.380 e. The first kappa shape index (κ1) is 9.05. The van der Waals surface area contributed by atoms with Crippen molar-refractivity contribution in [2.45, 2.75) is 32.1 Å². The maximum absolute atomic E-state index is 10.6. The molecule has 1 heterocycles. The van der Waals surface area contributed by atoms with Crippen molar-refractivity contribution >= 4 is 0 Å². The second-order valence-corrected chi connectivity index (χ2v) is 3.71. The summed E-state index contributed by atoms with van der Waals surface area (Å²) in [5, 5.41) is 13.6. The molecule has 0 atom stereocenters. The van der Waals surface area contributed by atoms with E-state index < -0.39 is 0 Å². The molecule has 0 bridgehead atoms. The number of nitro groups is 1. The molecule has 0 saturated heterocycles. The van der Waals surface area contributed by atoms with E-state index in [1.807, 2.05) is 0 Å². The van der Waals surface area contributed by atoms with Crippen LogP contribution in [0.5, 0.6) is 0 Å². The van der Waals surface area contributed by atoms with Gasteiger partial charge in [-0.2, -0.15) is 0 Å². The van der Waals surface area contributed by atoms with Gasteiger partial charge in [-0.1, -0.05) is 0 Å². The summed E-state index contributed by atoms with van der Waals surface area (Å²) in [6, 6.07) is 0. The molecule has 0 fully saturated rings. The van der Waals surface area contributed by atoms with E-state index in [-0.39, 0.29) is 16.4 Å². The maximum atomic E-state index is 10.6. The molecule has 0 spiro atoms. The van der Waals surface area contributed by atoms with Gasteiger partial charge in [-0.05, 0) is 31.3 Å². The van der Waals surface area contributed by atoms with Crippen LogP contribution in [-0.4, -0.2) is 4.92 Å².